The Hall–Kier alpha value is -1.40. The summed E-state index contributed by atoms with van der Waals surface area (Å²) in [5, 5.41) is 0. The van der Waals surface area contributed by atoms with Crippen molar-refractivity contribution >= 4 is 53.9 Å². The molecule has 2 N–H and O–H groups in total. The summed E-state index contributed by atoms with van der Waals surface area (Å²) in [6, 6.07) is 14.0. The quantitative estimate of drug-likeness (QED) is 0.725. The molecule has 0 bridgehead atoms. The van der Waals surface area contributed by atoms with Crippen molar-refractivity contribution in [2.24, 2.45) is 0 Å². The van der Waals surface area contributed by atoms with Crippen LogP contribution >= 0.6 is 36.6 Å². The van der Waals surface area contributed by atoms with Gasteiger partial charge < -0.3 is 10.6 Å². The average molecular weight is 440 g/mol. The second-order valence-corrected chi connectivity index (χ2v) is 8.22. The first-order valence-corrected chi connectivity index (χ1v) is 10.5. The number of anilines is 2. The van der Waals surface area contributed by atoms with E-state index in [-0.39, 0.29) is 30.7 Å². The molecule has 1 amide bonds. The average Bonchev–Trinajstić information content (AvgIpc) is 2.69. The summed E-state index contributed by atoms with van der Waals surface area (Å²) < 4.78 is 0. The van der Waals surface area contributed by atoms with Crippen LogP contribution in [0.5, 0.6) is 0 Å². The number of nitrogens with two attached hydrogens (primary N) is 1. The second kappa shape index (κ2) is 10.4. The monoisotopic (exact) mass is 439 g/mol. The first-order chi connectivity index (χ1) is 12.7. The molecule has 1 fully saturated rings. The molecule has 28 heavy (non-hydrogen) atoms. The molecule has 7 heteroatoms. The number of rotatable bonds is 3. The van der Waals surface area contributed by atoms with Crippen LogP contribution in [0.25, 0.3) is 0 Å². The largest absolute Gasteiger partial charge is 0.398 e. The standard InChI is InChI=1S/C21H25N3OS.2ClH/c22-19-4-1-5-20-18(19)3-2-10-24(20)21(25)17-8-6-16(7-9-17)15-23-11-13-26-14-12-23;;/h1,4-9H,2-3,10-15,22H2;2*1H. The third-order valence-corrected chi connectivity index (χ3v) is 6.19. The molecule has 0 aliphatic carbocycles. The normalized spacial score (nSPS) is 16.5. The first kappa shape index (κ1) is 22.9. The van der Waals surface area contributed by atoms with Crippen molar-refractivity contribution < 1.29 is 4.79 Å². The lowest BCUT2D eigenvalue weighted by molar-refractivity contribution is 0.0985. The molecule has 2 aromatic carbocycles. The lowest BCUT2D eigenvalue weighted by Gasteiger charge is -2.30. The second-order valence-electron chi connectivity index (χ2n) is 6.99. The molecule has 0 atom stereocenters. The van der Waals surface area contributed by atoms with Crippen molar-refractivity contribution in [1.29, 1.82) is 0 Å². The summed E-state index contributed by atoms with van der Waals surface area (Å²) in [4.78, 5) is 17.4. The summed E-state index contributed by atoms with van der Waals surface area (Å²) in [6.07, 6.45) is 1.90. The van der Waals surface area contributed by atoms with E-state index in [1.54, 1.807) is 0 Å². The predicted molar refractivity (Wildman–Crippen MR) is 124 cm³/mol. The molecule has 0 spiro atoms. The maximum absolute atomic E-state index is 13.0. The van der Waals surface area contributed by atoms with Gasteiger partial charge in [0.05, 0.1) is 0 Å². The van der Waals surface area contributed by atoms with Crippen LogP contribution in [0.2, 0.25) is 0 Å². The molecule has 1 saturated heterocycles. The Labute approximate surface area is 183 Å². The molecule has 0 unspecified atom stereocenters. The van der Waals surface area contributed by atoms with Gasteiger partial charge in [0.1, 0.15) is 0 Å². The fraction of sp³-hybridized carbons (Fsp3) is 0.381. The Bertz CT molecular complexity index is 795. The van der Waals surface area contributed by atoms with Gasteiger partial charge in [0.15, 0.2) is 0 Å². The summed E-state index contributed by atoms with van der Waals surface area (Å²) in [6.45, 7) is 4.02. The summed E-state index contributed by atoms with van der Waals surface area (Å²) in [7, 11) is 0. The van der Waals surface area contributed by atoms with E-state index in [0.29, 0.717) is 0 Å². The molecular weight excluding hydrogens is 413 g/mol. The molecular formula is C21H27Cl2N3OS. The number of halogens is 2. The molecule has 4 rings (SSSR count). The van der Waals surface area contributed by atoms with Crippen LogP contribution in [0.1, 0.15) is 27.9 Å². The highest BCUT2D eigenvalue weighted by Gasteiger charge is 2.24. The number of benzene rings is 2. The van der Waals surface area contributed by atoms with E-state index in [9.17, 15) is 4.79 Å². The Morgan fingerprint density at radius 3 is 2.43 bits per heavy atom. The van der Waals surface area contributed by atoms with Crippen LogP contribution in [0.3, 0.4) is 0 Å². The highest BCUT2D eigenvalue weighted by atomic mass is 35.5. The fourth-order valence-corrected chi connectivity index (χ4v) is 4.77. The number of hydrogen-bond acceptors (Lipinski definition) is 4. The van der Waals surface area contributed by atoms with Crippen LogP contribution in [0.4, 0.5) is 11.4 Å². The fourth-order valence-electron chi connectivity index (χ4n) is 3.79. The van der Waals surface area contributed by atoms with Crippen LogP contribution in [0.15, 0.2) is 42.5 Å². The van der Waals surface area contributed by atoms with Crippen molar-refractivity contribution in [3.63, 3.8) is 0 Å². The molecule has 0 aromatic heterocycles. The van der Waals surface area contributed by atoms with Gasteiger partial charge in [-0.1, -0.05) is 18.2 Å². The van der Waals surface area contributed by atoms with Gasteiger partial charge in [-0.2, -0.15) is 11.8 Å². The first-order valence-electron chi connectivity index (χ1n) is 9.30. The predicted octanol–water partition coefficient (Wildman–Crippen LogP) is 4.25. The van der Waals surface area contributed by atoms with Gasteiger partial charge in [-0.25, -0.2) is 0 Å². The Morgan fingerprint density at radius 2 is 1.71 bits per heavy atom. The lowest BCUT2D eigenvalue weighted by Crippen LogP contribution is -2.35. The summed E-state index contributed by atoms with van der Waals surface area (Å²) in [5.74, 6) is 2.50. The molecule has 2 heterocycles. The topological polar surface area (TPSA) is 49.6 Å². The van der Waals surface area contributed by atoms with E-state index < -0.39 is 0 Å². The SMILES string of the molecule is Cl.Cl.Nc1cccc2c1CCCN2C(=O)c1ccc(CN2CCSCC2)cc1. The Kier molecular flexibility index (Phi) is 8.50. The zero-order valence-electron chi connectivity index (χ0n) is 15.8. The molecule has 152 valence electrons. The van der Waals surface area contributed by atoms with E-state index in [1.165, 1.54) is 17.1 Å². The van der Waals surface area contributed by atoms with E-state index in [4.69, 9.17) is 5.73 Å². The molecule has 0 radical (unpaired) electrons. The van der Waals surface area contributed by atoms with Crippen molar-refractivity contribution in [3.8, 4) is 0 Å². The smallest absolute Gasteiger partial charge is 0.258 e. The number of thioether (sulfide) groups is 1. The number of fused-ring (bicyclic) bond motifs is 1. The molecule has 2 aliphatic rings. The van der Waals surface area contributed by atoms with Crippen molar-refractivity contribution in [1.82, 2.24) is 4.90 Å². The Balaban J connectivity index is 0.00000140. The minimum absolute atomic E-state index is 0. The molecule has 2 aliphatic heterocycles. The third kappa shape index (κ3) is 4.95. The van der Waals surface area contributed by atoms with E-state index in [0.717, 1.165) is 61.5 Å². The minimum atomic E-state index is 0. The minimum Gasteiger partial charge on any atom is -0.398 e. The summed E-state index contributed by atoms with van der Waals surface area (Å²) >= 11 is 2.03. The lowest BCUT2D eigenvalue weighted by atomic mass is 9.99. The number of carbonyl (C=O) groups excluding carboxylic acids is 1. The van der Waals surface area contributed by atoms with Crippen LogP contribution in [0, 0.1) is 0 Å². The number of nitrogen functional groups attached to an aromatic ring is 1. The zero-order valence-corrected chi connectivity index (χ0v) is 18.3. The van der Waals surface area contributed by atoms with Crippen LogP contribution < -0.4 is 10.6 Å². The van der Waals surface area contributed by atoms with Crippen LogP contribution in [-0.2, 0) is 13.0 Å². The molecule has 2 aromatic rings. The summed E-state index contributed by atoms with van der Waals surface area (Å²) in [5.41, 5.74) is 11.0. The number of amides is 1. The number of nitrogens with zero attached hydrogens (tertiary/aromatic N) is 2. The van der Waals surface area contributed by atoms with Gasteiger partial charge in [-0.15, -0.1) is 24.8 Å². The Morgan fingerprint density at radius 1 is 1.00 bits per heavy atom. The molecule has 4 nitrogen and oxygen atoms in total. The van der Waals surface area contributed by atoms with Crippen molar-refractivity contribution in [3.05, 3.63) is 59.2 Å². The van der Waals surface area contributed by atoms with Crippen LogP contribution in [-0.4, -0.2) is 41.9 Å². The van der Waals surface area contributed by atoms with Gasteiger partial charge in [-0.05, 0) is 48.2 Å². The number of hydrogen-bond donors (Lipinski definition) is 1. The maximum Gasteiger partial charge on any atom is 0.258 e. The molecule has 0 saturated carbocycles. The van der Waals surface area contributed by atoms with Gasteiger partial charge in [0, 0.05) is 54.6 Å². The van der Waals surface area contributed by atoms with Crippen molar-refractivity contribution in [2.45, 2.75) is 19.4 Å². The maximum atomic E-state index is 13.0. The van der Waals surface area contributed by atoms with Gasteiger partial charge in [0.2, 0.25) is 0 Å². The van der Waals surface area contributed by atoms with Crippen molar-refractivity contribution in [2.75, 3.05) is 41.8 Å². The van der Waals surface area contributed by atoms with Gasteiger partial charge in [-0.3, -0.25) is 9.69 Å². The van der Waals surface area contributed by atoms with E-state index in [1.807, 2.05) is 47.0 Å². The zero-order chi connectivity index (χ0) is 17.9. The van der Waals surface area contributed by atoms with Gasteiger partial charge in [0.25, 0.3) is 5.91 Å². The highest BCUT2D eigenvalue weighted by molar-refractivity contribution is 7.99. The number of carbonyl (C=O) groups is 1. The van der Waals surface area contributed by atoms with Gasteiger partial charge >= 0.3 is 0 Å². The van der Waals surface area contributed by atoms with E-state index >= 15 is 0 Å². The highest BCUT2D eigenvalue weighted by Crippen LogP contribution is 2.32. The third-order valence-electron chi connectivity index (χ3n) is 5.24. The van der Waals surface area contributed by atoms with E-state index in [2.05, 4.69) is 17.0 Å².